The maximum absolute atomic E-state index is 5.56. The fourth-order valence-electron chi connectivity index (χ4n) is 1.19. The number of imidazole rings is 1. The first kappa shape index (κ1) is 11.6. The first-order valence-corrected chi connectivity index (χ1v) is 6.20. The second-order valence-electron chi connectivity index (χ2n) is 3.53. The monoisotopic (exact) mass is 213 g/mol. The topological polar surface area (TPSA) is 43.8 Å². The van der Waals surface area contributed by atoms with Gasteiger partial charge in [-0.1, -0.05) is 6.92 Å². The number of hydrogen-bond donors (Lipinski definition) is 1. The lowest BCUT2D eigenvalue weighted by Crippen LogP contribution is -2.13. The number of thioether (sulfide) groups is 1. The number of hydrogen-bond acceptors (Lipinski definition) is 3. The number of nitrogens with zero attached hydrogens (tertiary/aromatic N) is 2. The van der Waals surface area contributed by atoms with Gasteiger partial charge in [-0.2, -0.15) is 11.8 Å². The van der Waals surface area contributed by atoms with Crippen LogP contribution in [0, 0.1) is 5.92 Å². The van der Waals surface area contributed by atoms with Crippen molar-refractivity contribution in [1.82, 2.24) is 9.55 Å². The maximum Gasteiger partial charge on any atom is 0.0948 e. The van der Waals surface area contributed by atoms with Gasteiger partial charge in [0, 0.05) is 24.2 Å². The van der Waals surface area contributed by atoms with Crippen LogP contribution >= 0.6 is 11.8 Å². The summed E-state index contributed by atoms with van der Waals surface area (Å²) in [6.45, 7) is 6.10. The lowest BCUT2D eigenvalue weighted by molar-refractivity contribution is 0.674. The van der Waals surface area contributed by atoms with Crippen LogP contribution in [0.25, 0.3) is 0 Å². The molecule has 14 heavy (non-hydrogen) atoms. The van der Waals surface area contributed by atoms with Gasteiger partial charge < -0.3 is 10.3 Å². The van der Waals surface area contributed by atoms with Gasteiger partial charge in [-0.25, -0.2) is 4.98 Å². The summed E-state index contributed by atoms with van der Waals surface area (Å²) in [5, 5.41) is 0. The fraction of sp³-hybridized carbons (Fsp3) is 0.700. The largest absolute Gasteiger partial charge is 0.334 e. The quantitative estimate of drug-likeness (QED) is 0.782. The molecule has 80 valence electrons. The van der Waals surface area contributed by atoms with E-state index in [1.165, 1.54) is 5.69 Å². The minimum Gasteiger partial charge on any atom is -0.334 e. The van der Waals surface area contributed by atoms with E-state index < -0.39 is 0 Å². The van der Waals surface area contributed by atoms with Crippen LogP contribution in [-0.4, -0.2) is 21.8 Å². The van der Waals surface area contributed by atoms with E-state index in [0.29, 0.717) is 5.92 Å². The van der Waals surface area contributed by atoms with Crippen LogP contribution in [0.15, 0.2) is 12.5 Å². The molecule has 0 saturated heterocycles. The molecule has 0 bridgehead atoms. The third kappa shape index (κ3) is 3.35. The average molecular weight is 213 g/mol. The SMILES string of the molecule is CCn1cncc1CSCC(C)CN. The third-order valence-electron chi connectivity index (χ3n) is 2.19. The van der Waals surface area contributed by atoms with Crippen molar-refractivity contribution >= 4 is 11.8 Å². The second-order valence-corrected chi connectivity index (χ2v) is 4.56. The highest BCUT2D eigenvalue weighted by atomic mass is 32.2. The lowest BCUT2D eigenvalue weighted by atomic mass is 10.2. The summed E-state index contributed by atoms with van der Waals surface area (Å²) >= 11 is 1.93. The van der Waals surface area contributed by atoms with Gasteiger partial charge in [0.25, 0.3) is 0 Å². The highest BCUT2D eigenvalue weighted by Crippen LogP contribution is 2.14. The molecule has 1 atom stereocenters. The Morgan fingerprint density at radius 1 is 1.64 bits per heavy atom. The van der Waals surface area contributed by atoms with E-state index in [2.05, 4.69) is 23.4 Å². The number of aromatic nitrogens is 2. The normalized spacial score (nSPS) is 13.1. The minimum absolute atomic E-state index is 0.609. The van der Waals surface area contributed by atoms with Crippen molar-refractivity contribution in [2.75, 3.05) is 12.3 Å². The van der Waals surface area contributed by atoms with Gasteiger partial charge >= 0.3 is 0 Å². The van der Waals surface area contributed by atoms with E-state index in [1.807, 2.05) is 24.3 Å². The Hall–Kier alpha value is -0.480. The van der Waals surface area contributed by atoms with Crippen molar-refractivity contribution in [2.24, 2.45) is 11.7 Å². The predicted octanol–water partition coefficient (Wildman–Crippen LogP) is 1.73. The van der Waals surface area contributed by atoms with Gasteiger partial charge in [-0.3, -0.25) is 0 Å². The molecular formula is C10H19N3S. The van der Waals surface area contributed by atoms with E-state index >= 15 is 0 Å². The number of nitrogens with two attached hydrogens (primary N) is 1. The van der Waals surface area contributed by atoms with Crippen LogP contribution in [0.4, 0.5) is 0 Å². The zero-order valence-electron chi connectivity index (χ0n) is 8.94. The molecule has 0 spiro atoms. The smallest absolute Gasteiger partial charge is 0.0948 e. The Labute approximate surface area is 90.1 Å². The van der Waals surface area contributed by atoms with E-state index in [4.69, 9.17) is 5.73 Å². The molecule has 4 heteroatoms. The van der Waals surface area contributed by atoms with E-state index in [0.717, 1.165) is 24.6 Å². The molecule has 3 nitrogen and oxygen atoms in total. The summed E-state index contributed by atoms with van der Waals surface area (Å²) in [7, 11) is 0. The Balaban J connectivity index is 2.31. The van der Waals surface area contributed by atoms with Gasteiger partial charge in [-0.05, 0) is 25.1 Å². The van der Waals surface area contributed by atoms with Crippen molar-refractivity contribution in [3.05, 3.63) is 18.2 Å². The van der Waals surface area contributed by atoms with Gasteiger partial charge in [0.15, 0.2) is 0 Å². The Morgan fingerprint density at radius 3 is 3.07 bits per heavy atom. The van der Waals surface area contributed by atoms with Crippen molar-refractivity contribution in [1.29, 1.82) is 0 Å². The Morgan fingerprint density at radius 2 is 2.43 bits per heavy atom. The van der Waals surface area contributed by atoms with Crippen molar-refractivity contribution in [2.45, 2.75) is 26.1 Å². The zero-order chi connectivity index (χ0) is 10.4. The summed E-state index contributed by atoms with van der Waals surface area (Å²) in [6.07, 6.45) is 3.84. The average Bonchev–Trinajstić information content (AvgIpc) is 2.65. The summed E-state index contributed by atoms with van der Waals surface area (Å²) in [5.74, 6) is 2.78. The molecule has 0 radical (unpaired) electrons. The highest BCUT2D eigenvalue weighted by Gasteiger charge is 2.02. The summed E-state index contributed by atoms with van der Waals surface area (Å²) in [5.41, 5.74) is 6.86. The molecule has 2 N–H and O–H groups in total. The van der Waals surface area contributed by atoms with Crippen LogP contribution in [0.3, 0.4) is 0 Å². The van der Waals surface area contributed by atoms with E-state index in [-0.39, 0.29) is 0 Å². The lowest BCUT2D eigenvalue weighted by Gasteiger charge is -2.08. The molecule has 0 aliphatic rings. The molecule has 0 aliphatic heterocycles. The van der Waals surface area contributed by atoms with Crippen LogP contribution < -0.4 is 5.73 Å². The summed E-state index contributed by atoms with van der Waals surface area (Å²) in [4.78, 5) is 4.14. The van der Waals surface area contributed by atoms with Gasteiger partial charge in [-0.15, -0.1) is 0 Å². The van der Waals surface area contributed by atoms with Crippen LogP contribution in [0.2, 0.25) is 0 Å². The van der Waals surface area contributed by atoms with Crippen molar-refractivity contribution in [3.63, 3.8) is 0 Å². The molecule has 0 aromatic carbocycles. The Kier molecular flexibility index (Phi) is 5.04. The molecule has 1 unspecified atom stereocenters. The van der Waals surface area contributed by atoms with E-state index in [9.17, 15) is 0 Å². The molecule has 0 fully saturated rings. The van der Waals surface area contributed by atoms with Crippen LogP contribution in [0.1, 0.15) is 19.5 Å². The predicted molar refractivity (Wildman–Crippen MR) is 62.3 cm³/mol. The molecule has 0 aliphatic carbocycles. The van der Waals surface area contributed by atoms with Crippen molar-refractivity contribution < 1.29 is 0 Å². The minimum atomic E-state index is 0.609. The molecule has 0 saturated carbocycles. The molecule has 1 rings (SSSR count). The third-order valence-corrected chi connectivity index (χ3v) is 3.50. The zero-order valence-corrected chi connectivity index (χ0v) is 9.76. The molecule has 0 amide bonds. The summed E-state index contributed by atoms with van der Waals surface area (Å²) in [6, 6.07) is 0. The standard InChI is InChI=1S/C10H19N3S/c1-3-13-8-12-5-10(13)7-14-6-9(2)4-11/h5,8-9H,3-4,6-7,11H2,1-2H3. The van der Waals surface area contributed by atoms with Crippen LogP contribution in [-0.2, 0) is 12.3 Å². The number of aryl methyl sites for hydroxylation is 1. The maximum atomic E-state index is 5.56. The van der Waals surface area contributed by atoms with Gasteiger partial charge in [0.1, 0.15) is 0 Å². The Bertz CT molecular complexity index is 260. The van der Waals surface area contributed by atoms with Crippen molar-refractivity contribution in [3.8, 4) is 0 Å². The van der Waals surface area contributed by atoms with Gasteiger partial charge in [0.2, 0.25) is 0 Å². The molecular weight excluding hydrogens is 194 g/mol. The second kappa shape index (κ2) is 6.09. The fourth-order valence-corrected chi connectivity index (χ4v) is 2.29. The van der Waals surface area contributed by atoms with E-state index in [1.54, 1.807) is 0 Å². The first-order valence-electron chi connectivity index (χ1n) is 5.04. The van der Waals surface area contributed by atoms with Gasteiger partial charge in [0.05, 0.1) is 6.33 Å². The molecule has 1 aromatic rings. The highest BCUT2D eigenvalue weighted by molar-refractivity contribution is 7.98. The number of rotatable bonds is 6. The summed E-state index contributed by atoms with van der Waals surface area (Å²) < 4.78 is 2.18. The molecule has 1 aromatic heterocycles. The first-order chi connectivity index (χ1) is 6.77. The molecule has 1 heterocycles. The van der Waals surface area contributed by atoms with Crippen LogP contribution in [0.5, 0.6) is 0 Å².